The summed E-state index contributed by atoms with van der Waals surface area (Å²) < 4.78 is 41.0. The molecule has 4 heteroatoms. The highest BCUT2D eigenvalue weighted by atomic mass is 32.2. The predicted octanol–water partition coefficient (Wildman–Crippen LogP) is 4.86. The summed E-state index contributed by atoms with van der Waals surface area (Å²) in [4.78, 5) is 0. The first-order valence-corrected chi connectivity index (χ1v) is 9.38. The monoisotopic (exact) mass is 306 g/mol. The first-order chi connectivity index (χ1) is 9.53. The lowest BCUT2D eigenvalue weighted by molar-refractivity contribution is 0.159. The minimum absolute atomic E-state index is 0.496. The molecule has 0 aromatic heterocycles. The Morgan fingerprint density at radius 2 is 1.30 bits per heavy atom. The molecule has 2 fully saturated rings. The molecule has 4 unspecified atom stereocenters. The minimum atomic E-state index is -1.42. The van der Waals surface area contributed by atoms with E-state index in [0.717, 1.165) is 25.7 Å². The zero-order valence-electron chi connectivity index (χ0n) is 12.8. The summed E-state index contributed by atoms with van der Waals surface area (Å²) in [7, 11) is -1.42. The normalized spacial score (nSPS) is 44.2. The van der Waals surface area contributed by atoms with Gasteiger partial charge in [-0.1, -0.05) is 39.5 Å². The van der Waals surface area contributed by atoms with Crippen LogP contribution in [0, 0.1) is 0 Å². The summed E-state index contributed by atoms with van der Waals surface area (Å²) in [5.41, 5.74) is 0. The second kappa shape index (κ2) is 6.41. The van der Waals surface area contributed by atoms with Gasteiger partial charge in [-0.15, -0.1) is 0 Å². The molecular weight excluding hydrogens is 278 g/mol. The highest BCUT2D eigenvalue weighted by Gasteiger charge is 2.56. The zero-order chi connectivity index (χ0) is 14.8. The Bertz CT molecular complexity index is 330. The maximum Gasteiger partial charge on any atom is 0.117 e. The number of hydrogen-bond donors (Lipinski definition) is 0. The van der Waals surface area contributed by atoms with Gasteiger partial charge in [0.1, 0.15) is 12.3 Å². The first-order valence-electron chi connectivity index (χ1n) is 8.23. The van der Waals surface area contributed by atoms with Gasteiger partial charge in [0.05, 0.1) is 9.49 Å². The van der Waals surface area contributed by atoms with Crippen LogP contribution in [0.3, 0.4) is 0 Å². The molecule has 20 heavy (non-hydrogen) atoms. The molecule has 2 aliphatic rings. The van der Waals surface area contributed by atoms with Crippen molar-refractivity contribution in [2.75, 3.05) is 0 Å². The van der Waals surface area contributed by atoms with Crippen LogP contribution in [-0.2, 0) is 10.8 Å². The second-order valence-electron chi connectivity index (χ2n) is 6.53. The van der Waals surface area contributed by atoms with Crippen molar-refractivity contribution in [1.29, 1.82) is 0 Å². The molecule has 0 aliphatic heterocycles. The van der Waals surface area contributed by atoms with Gasteiger partial charge in [-0.05, 0) is 38.5 Å². The molecular formula is C16H28F2OS. The van der Waals surface area contributed by atoms with Crippen LogP contribution in [-0.4, -0.2) is 26.0 Å². The fraction of sp³-hybridized carbons (Fsp3) is 1.00. The van der Waals surface area contributed by atoms with Gasteiger partial charge in [0.15, 0.2) is 0 Å². The molecule has 0 heterocycles. The van der Waals surface area contributed by atoms with Gasteiger partial charge in [0.25, 0.3) is 0 Å². The number of rotatable bonds is 4. The van der Waals surface area contributed by atoms with E-state index in [1.54, 1.807) is 0 Å². The Kier molecular flexibility index (Phi) is 5.25. The maximum atomic E-state index is 14.6. The van der Waals surface area contributed by atoms with Crippen LogP contribution in [0.2, 0.25) is 0 Å². The Morgan fingerprint density at radius 3 is 1.60 bits per heavy atom. The van der Waals surface area contributed by atoms with E-state index in [1.807, 2.05) is 13.8 Å². The minimum Gasteiger partial charge on any atom is -0.258 e. The summed E-state index contributed by atoms with van der Waals surface area (Å²) in [5, 5.41) is 0. The second-order valence-corrected chi connectivity index (χ2v) is 8.70. The van der Waals surface area contributed by atoms with Crippen LogP contribution in [0.5, 0.6) is 0 Å². The van der Waals surface area contributed by atoms with Crippen molar-refractivity contribution in [2.24, 2.45) is 0 Å². The molecule has 0 N–H and O–H groups in total. The van der Waals surface area contributed by atoms with E-state index in [1.165, 1.54) is 0 Å². The van der Waals surface area contributed by atoms with Crippen LogP contribution in [0.25, 0.3) is 0 Å². The van der Waals surface area contributed by atoms with Crippen molar-refractivity contribution in [3.63, 3.8) is 0 Å². The third-order valence-corrected chi connectivity index (χ3v) is 8.67. The summed E-state index contributed by atoms with van der Waals surface area (Å²) in [6.45, 7) is 3.85. The maximum absolute atomic E-state index is 14.6. The molecule has 2 rings (SSSR count). The fourth-order valence-corrected chi connectivity index (χ4v) is 6.91. The molecule has 2 saturated carbocycles. The van der Waals surface area contributed by atoms with Crippen molar-refractivity contribution in [2.45, 2.75) is 99.9 Å². The van der Waals surface area contributed by atoms with Crippen LogP contribution in [0.4, 0.5) is 8.78 Å². The standard InChI is InChI=1S/C16H28F2OS/c1-3-15(11-7-5-9-13(15)17)20(19)16(4-2)12-8-6-10-14(16)18/h13-14H,3-12H2,1-2H3. The molecule has 0 aromatic carbocycles. The highest BCUT2D eigenvalue weighted by Crippen LogP contribution is 2.48. The molecule has 118 valence electrons. The van der Waals surface area contributed by atoms with E-state index >= 15 is 0 Å². The van der Waals surface area contributed by atoms with Crippen molar-refractivity contribution in [3.8, 4) is 0 Å². The topological polar surface area (TPSA) is 17.1 Å². The molecule has 0 saturated heterocycles. The molecule has 0 spiro atoms. The quantitative estimate of drug-likeness (QED) is 0.725. The van der Waals surface area contributed by atoms with Crippen LogP contribution < -0.4 is 0 Å². The van der Waals surface area contributed by atoms with Crippen molar-refractivity contribution >= 4 is 10.8 Å². The van der Waals surface area contributed by atoms with E-state index in [4.69, 9.17) is 0 Å². The van der Waals surface area contributed by atoms with Gasteiger partial charge in [0, 0.05) is 10.8 Å². The molecule has 0 amide bonds. The molecule has 2 aliphatic carbocycles. The van der Waals surface area contributed by atoms with Crippen molar-refractivity contribution in [1.82, 2.24) is 0 Å². The average Bonchev–Trinajstić information content (AvgIpc) is 2.48. The predicted molar refractivity (Wildman–Crippen MR) is 80.9 cm³/mol. The highest BCUT2D eigenvalue weighted by molar-refractivity contribution is 7.88. The first kappa shape index (κ1) is 16.4. The summed E-state index contributed by atoms with van der Waals surface area (Å²) in [5.74, 6) is 0. The zero-order valence-corrected chi connectivity index (χ0v) is 13.6. The van der Waals surface area contributed by atoms with E-state index in [-0.39, 0.29) is 0 Å². The van der Waals surface area contributed by atoms with Gasteiger partial charge < -0.3 is 0 Å². The van der Waals surface area contributed by atoms with Crippen LogP contribution in [0.15, 0.2) is 0 Å². The van der Waals surface area contributed by atoms with Gasteiger partial charge in [-0.25, -0.2) is 8.78 Å². The Balaban J connectivity index is 2.34. The van der Waals surface area contributed by atoms with E-state index in [0.29, 0.717) is 38.5 Å². The summed E-state index contributed by atoms with van der Waals surface area (Å²) >= 11 is 0. The fourth-order valence-electron chi connectivity index (χ4n) is 4.22. The molecule has 4 atom stereocenters. The number of alkyl halides is 2. The lowest BCUT2D eigenvalue weighted by Gasteiger charge is -2.48. The Morgan fingerprint density at radius 1 is 0.900 bits per heavy atom. The van der Waals surface area contributed by atoms with Crippen LogP contribution >= 0.6 is 0 Å². The molecule has 0 aromatic rings. The summed E-state index contributed by atoms with van der Waals surface area (Å²) in [6.07, 6.45) is 4.98. The Labute approximate surface area is 124 Å². The van der Waals surface area contributed by atoms with Crippen molar-refractivity contribution < 1.29 is 13.0 Å². The third kappa shape index (κ3) is 2.46. The van der Waals surface area contributed by atoms with E-state index in [2.05, 4.69) is 0 Å². The van der Waals surface area contributed by atoms with Crippen molar-refractivity contribution in [3.05, 3.63) is 0 Å². The van der Waals surface area contributed by atoms with Gasteiger partial charge in [0.2, 0.25) is 0 Å². The van der Waals surface area contributed by atoms with Gasteiger partial charge >= 0.3 is 0 Å². The average molecular weight is 306 g/mol. The van der Waals surface area contributed by atoms with E-state index < -0.39 is 32.6 Å². The Hall–Kier alpha value is 0.01000. The lowest BCUT2D eigenvalue weighted by Crippen LogP contribution is -2.58. The van der Waals surface area contributed by atoms with Gasteiger partial charge in [-0.3, -0.25) is 4.21 Å². The SMILES string of the molecule is CCC1(S(=O)C2(CC)CCCCC2F)CCCCC1F. The molecule has 1 nitrogen and oxygen atoms in total. The smallest absolute Gasteiger partial charge is 0.117 e. The number of hydrogen-bond acceptors (Lipinski definition) is 1. The third-order valence-electron chi connectivity index (χ3n) is 5.69. The van der Waals surface area contributed by atoms with Crippen LogP contribution in [0.1, 0.15) is 78.1 Å². The molecule has 0 bridgehead atoms. The summed E-state index contributed by atoms with van der Waals surface area (Å²) in [6, 6.07) is 0. The largest absolute Gasteiger partial charge is 0.258 e. The van der Waals surface area contributed by atoms with Gasteiger partial charge in [-0.2, -0.15) is 0 Å². The van der Waals surface area contributed by atoms with E-state index in [9.17, 15) is 13.0 Å². The number of halogens is 2. The molecule has 0 radical (unpaired) electrons. The lowest BCUT2D eigenvalue weighted by atomic mass is 9.83.